The fourth-order valence-electron chi connectivity index (χ4n) is 2.34. The van der Waals surface area contributed by atoms with E-state index >= 15 is 0 Å². The Balaban J connectivity index is 2.15. The number of hydrogen-bond donors (Lipinski definition) is 1. The number of aryl methyl sites for hydroxylation is 1. The monoisotopic (exact) mass is 204 g/mol. The molecule has 78 valence electrons. The second-order valence-electron chi connectivity index (χ2n) is 3.98. The predicted molar refractivity (Wildman–Crippen MR) is 53.4 cm³/mol. The third-order valence-corrected chi connectivity index (χ3v) is 3.13. The Kier molecular flexibility index (Phi) is 1.76. The number of hydrogen-bond acceptors (Lipinski definition) is 3. The molecule has 0 fully saturated rings. The summed E-state index contributed by atoms with van der Waals surface area (Å²) in [6.45, 7) is 0. The molecular weight excluding hydrogens is 192 g/mol. The van der Waals surface area contributed by atoms with Gasteiger partial charge in [-0.25, -0.2) is 0 Å². The normalized spacial score (nSPS) is 25.1. The molecule has 0 bridgehead atoms. The zero-order chi connectivity index (χ0) is 10.3. The number of aliphatic hydroxyl groups is 1. The van der Waals surface area contributed by atoms with Gasteiger partial charge in [0, 0.05) is 17.5 Å². The van der Waals surface area contributed by atoms with Crippen LogP contribution in [-0.4, -0.2) is 5.11 Å². The third kappa shape index (κ3) is 1.16. The van der Waals surface area contributed by atoms with E-state index in [1.54, 1.807) is 18.8 Å². The molecule has 15 heavy (non-hydrogen) atoms. The highest BCUT2D eigenvalue weighted by molar-refractivity contribution is 5.37. The first kappa shape index (κ1) is 8.80. The van der Waals surface area contributed by atoms with Crippen LogP contribution in [-0.2, 0) is 12.0 Å². The van der Waals surface area contributed by atoms with Gasteiger partial charge < -0.3 is 13.9 Å². The minimum absolute atomic E-state index is 0.721. The molecule has 1 aliphatic carbocycles. The van der Waals surface area contributed by atoms with E-state index in [-0.39, 0.29) is 0 Å². The van der Waals surface area contributed by atoms with Gasteiger partial charge in [-0.05, 0) is 25.0 Å². The van der Waals surface area contributed by atoms with Crippen molar-refractivity contribution in [3.05, 3.63) is 47.8 Å². The molecule has 2 aromatic heterocycles. The van der Waals surface area contributed by atoms with Gasteiger partial charge in [-0.3, -0.25) is 0 Å². The number of furan rings is 2. The number of fused-ring (bicyclic) bond motifs is 1. The summed E-state index contributed by atoms with van der Waals surface area (Å²) in [5.74, 6) is 0.893. The minimum Gasteiger partial charge on any atom is -0.472 e. The van der Waals surface area contributed by atoms with E-state index in [9.17, 15) is 5.11 Å². The van der Waals surface area contributed by atoms with Crippen molar-refractivity contribution in [2.45, 2.75) is 24.9 Å². The SMILES string of the molecule is OC1(c2ccoc2)CCCc2occc21. The molecular formula is C12H12O3. The highest BCUT2D eigenvalue weighted by Crippen LogP contribution is 2.40. The topological polar surface area (TPSA) is 46.5 Å². The van der Waals surface area contributed by atoms with E-state index in [0.29, 0.717) is 0 Å². The maximum atomic E-state index is 10.7. The van der Waals surface area contributed by atoms with Crippen molar-refractivity contribution < 1.29 is 13.9 Å². The molecule has 3 heteroatoms. The van der Waals surface area contributed by atoms with Crippen LogP contribution in [0.4, 0.5) is 0 Å². The predicted octanol–water partition coefficient (Wildman–Crippen LogP) is 2.44. The lowest BCUT2D eigenvalue weighted by Crippen LogP contribution is -2.30. The molecule has 2 heterocycles. The quantitative estimate of drug-likeness (QED) is 0.776. The fraction of sp³-hybridized carbons (Fsp3) is 0.333. The average Bonchev–Trinajstić information content (AvgIpc) is 2.89. The van der Waals surface area contributed by atoms with Crippen LogP contribution in [0.15, 0.2) is 39.8 Å². The lowest BCUT2D eigenvalue weighted by atomic mass is 9.79. The molecule has 1 atom stereocenters. The molecule has 1 aliphatic rings. The summed E-state index contributed by atoms with van der Waals surface area (Å²) in [5, 5.41) is 10.7. The Hall–Kier alpha value is -1.48. The van der Waals surface area contributed by atoms with Gasteiger partial charge in [0.25, 0.3) is 0 Å². The van der Waals surface area contributed by atoms with Gasteiger partial charge in [-0.15, -0.1) is 0 Å². The zero-order valence-electron chi connectivity index (χ0n) is 8.27. The molecule has 0 saturated heterocycles. The Morgan fingerprint density at radius 2 is 2.20 bits per heavy atom. The maximum Gasteiger partial charge on any atom is 0.121 e. The second-order valence-corrected chi connectivity index (χ2v) is 3.98. The van der Waals surface area contributed by atoms with E-state index in [2.05, 4.69) is 0 Å². The van der Waals surface area contributed by atoms with Crippen molar-refractivity contribution in [3.8, 4) is 0 Å². The zero-order valence-corrected chi connectivity index (χ0v) is 8.27. The summed E-state index contributed by atoms with van der Waals surface area (Å²) in [7, 11) is 0. The highest BCUT2D eigenvalue weighted by atomic mass is 16.3. The first-order valence-corrected chi connectivity index (χ1v) is 5.12. The van der Waals surface area contributed by atoms with Gasteiger partial charge in [-0.2, -0.15) is 0 Å². The Bertz CT molecular complexity index is 455. The Morgan fingerprint density at radius 3 is 3.00 bits per heavy atom. The van der Waals surface area contributed by atoms with Crippen LogP contribution in [0.3, 0.4) is 0 Å². The van der Waals surface area contributed by atoms with Gasteiger partial charge >= 0.3 is 0 Å². The van der Waals surface area contributed by atoms with Crippen molar-refractivity contribution in [2.24, 2.45) is 0 Å². The van der Waals surface area contributed by atoms with E-state index in [0.717, 1.165) is 36.1 Å². The molecule has 1 N–H and O–H groups in total. The number of rotatable bonds is 1. The maximum absolute atomic E-state index is 10.7. The van der Waals surface area contributed by atoms with E-state index in [1.807, 2.05) is 12.1 Å². The molecule has 3 nitrogen and oxygen atoms in total. The Labute approximate surface area is 87.3 Å². The van der Waals surface area contributed by atoms with Crippen LogP contribution in [0.25, 0.3) is 0 Å². The summed E-state index contributed by atoms with van der Waals surface area (Å²) in [5.41, 5.74) is 0.771. The van der Waals surface area contributed by atoms with Crippen LogP contribution in [0.2, 0.25) is 0 Å². The molecule has 0 saturated carbocycles. The third-order valence-electron chi connectivity index (χ3n) is 3.13. The molecule has 1 unspecified atom stereocenters. The molecule has 0 radical (unpaired) electrons. The summed E-state index contributed by atoms with van der Waals surface area (Å²) >= 11 is 0. The van der Waals surface area contributed by atoms with Crippen molar-refractivity contribution in [1.82, 2.24) is 0 Å². The van der Waals surface area contributed by atoms with Crippen molar-refractivity contribution >= 4 is 0 Å². The van der Waals surface area contributed by atoms with Gasteiger partial charge in [0.1, 0.15) is 11.4 Å². The first-order valence-electron chi connectivity index (χ1n) is 5.12. The lowest BCUT2D eigenvalue weighted by molar-refractivity contribution is 0.0583. The lowest BCUT2D eigenvalue weighted by Gasteiger charge is -2.30. The summed E-state index contributed by atoms with van der Waals surface area (Å²) < 4.78 is 10.4. The first-order chi connectivity index (χ1) is 7.31. The highest BCUT2D eigenvalue weighted by Gasteiger charge is 2.38. The van der Waals surface area contributed by atoms with Gasteiger partial charge in [0.05, 0.1) is 18.8 Å². The van der Waals surface area contributed by atoms with Crippen LogP contribution in [0.5, 0.6) is 0 Å². The standard InChI is InChI=1S/C12H12O3/c13-12(9-3-6-14-8-9)5-1-2-11-10(12)4-7-15-11/h3-4,6-8,13H,1-2,5H2. The fourth-order valence-corrected chi connectivity index (χ4v) is 2.34. The molecule has 0 spiro atoms. The van der Waals surface area contributed by atoms with Crippen LogP contribution < -0.4 is 0 Å². The average molecular weight is 204 g/mol. The summed E-state index contributed by atoms with van der Waals surface area (Å²) in [6, 6.07) is 3.66. The van der Waals surface area contributed by atoms with E-state index < -0.39 is 5.60 Å². The molecule has 0 aliphatic heterocycles. The van der Waals surface area contributed by atoms with Crippen molar-refractivity contribution in [3.63, 3.8) is 0 Å². The second kappa shape index (κ2) is 3.00. The summed E-state index contributed by atoms with van der Waals surface area (Å²) in [4.78, 5) is 0. The molecule has 0 amide bonds. The molecule has 2 aromatic rings. The van der Waals surface area contributed by atoms with Crippen LogP contribution in [0.1, 0.15) is 29.7 Å². The summed E-state index contributed by atoms with van der Waals surface area (Å²) in [6.07, 6.45) is 7.38. The van der Waals surface area contributed by atoms with Crippen LogP contribution >= 0.6 is 0 Å². The van der Waals surface area contributed by atoms with Gasteiger partial charge in [-0.1, -0.05) is 0 Å². The van der Waals surface area contributed by atoms with Crippen LogP contribution in [0, 0.1) is 0 Å². The molecule has 3 rings (SSSR count). The van der Waals surface area contributed by atoms with Crippen molar-refractivity contribution in [2.75, 3.05) is 0 Å². The minimum atomic E-state index is -0.923. The smallest absolute Gasteiger partial charge is 0.121 e. The van der Waals surface area contributed by atoms with E-state index in [1.165, 1.54) is 0 Å². The van der Waals surface area contributed by atoms with Gasteiger partial charge in [0.2, 0.25) is 0 Å². The van der Waals surface area contributed by atoms with Gasteiger partial charge in [0.15, 0.2) is 0 Å². The van der Waals surface area contributed by atoms with E-state index in [4.69, 9.17) is 8.83 Å². The molecule has 0 aromatic carbocycles. The Morgan fingerprint density at radius 1 is 1.27 bits per heavy atom. The largest absolute Gasteiger partial charge is 0.472 e. The van der Waals surface area contributed by atoms with Crippen molar-refractivity contribution in [1.29, 1.82) is 0 Å².